The quantitative estimate of drug-likeness (QED) is 0.882. The minimum Gasteiger partial charge on any atom is -0.352 e. The monoisotopic (exact) mass is 295 g/mol. The van der Waals surface area contributed by atoms with Crippen molar-refractivity contribution < 1.29 is 9.18 Å². The van der Waals surface area contributed by atoms with Gasteiger partial charge in [0.25, 0.3) is 0 Å². The third-order valence-corrected chi connectivity index (χ3v) is 3.53. The Kier molecular flexibility index (Phi) is 3.38. The van der Waals surface area contributed by atoms with Crippen LogP contribution in [0.2, 0.25) is 0 Å². The van der Waals surface area contributed by atoms with Gasteiger partial charge in [0.2, 0.25) is 5.91 Å². The van der Waals surface area contributed by atoms with Gasteiger partial charge in [-0.3, -0.25) is 4.79 Å². The smallest absolute Gasteiger partial charge is 0.240 e. The van der Waals surface area contributed by atoms with Crippen molar-refractivity contribution in [3.63, 3.8) is 0 Å². The van der Waals surface area contributed by atoms with Crippen molar-refractivity contribution in [3.8, 4) is 0 Å². The summed E-state index contributed by atoms with van der Waals surface area (Å²) in [6.07, 6.45) is 2.06. The fraction of sp³-hybridized carbons (Fsp3) is 0.429. The van der Waals surface area contributed by atoms with E-state index in [0.29, 0.717) is 22.9 Å². The molecule has 1 aliphatic carbocycles. The fourth-order valence-corrected chi connectivity index (χ4v) is 2.40. The van der Waals surface area contributed by atoms with Crippen molar-refractivity contribution in [1.29, 1.82) is 0 Å². The van der Waals surface area contributed by atoms with Gasteiger partial charge in [0.05, 0.1) is 16.4 Å². The summed E-state index contributed by atoms with van der Waals surface area (Å²) in [5, 5.41) is 2.57. The van der Waals surface area contributed by atoms with E-state index in [-0.39, 0.29) is 23.6 Å². The predicted molar refractivity (Wildman–Crippen MR) is 75.1 cm³/mol. The maximum atomic E-state index is 13.4. The fourth-order valence-electron chi connectivity index (χ4n) is 2.23. The maximum Gasteiger partial charge on any atom is 0.240 e. The molecule has 0 bridgehead atoms. The van der Waals surface area contributed by atoms with Crippen LogP contribution < -0.4 is 5.32 Å². The lowest BCUT2D eigenvalue weighted by atomic mass is 10.3. The molecule has 6 heteroatoms. The maximum absolute atomic E-state index is 13.4. The first-order chi connectivity index (χ1) is 9.54. The molecular formula is C14H15ClFN3O. The van der Waals surface area contributed by atoms with Gasteiger partial charge in [-0.05, 0) is 38.0 Å². The van der Waals surface area contributed by atoms with Gasteiger partial charge in [0, 0.05) is 6.04 Å². The van der Waals surface area contributed by atoms with Crippen LogP contribution in [0.25, 0.3) is 11.0 Å². The molecule has 2 aromatic rings. The summed E-state index contributed by atoms with van der Waals surface area (Å²) >= 11 is 6.11. The van der Waals surface area contributed by atoms with Crippen LogP contribution in [-0.4, -0.2) is 21.5 Å². The molecule has 106 valence electrons. The van der Waals surface area contributed by atoms with Crippen LogP contribution in [0.3, 0.4) is 0 Å². The largest absolute Gasteiger partial charge is 0.352 e. The lowest BCUT2D eigenvalue weighted by molar-refractivity contribution is -0.121. The summed E-state index contributed by atoms with van der Waals surface area (Å²) in [4.78, 5) is 16.4. The Morgan fingerprint density at radius 3 is 3.00 bits per heavy atom. The number of halogens is 2. The molecule has 1 N–H and O–H groups in total. The van der Waals surface area contributed by atoms with E-state index in [2.05, 4.69) is 10.3 Å². The second-order valence-electron chi connectivity index (χ2n) is 5.15. The van der Waals surface area contributed by atoms with Gasteiger partial charge >= 0.3 is 0 Å². The molecule has 0 saturated heterocycles. The zero-order valence-corrected chi connectivity index (χ0v) is 11.8. The summed E-state index contributed by atoms with van der Waals surface area (Å²) < 4.78 is 15.1. The van der Waals surface area contributed by atoms with E-state index in [1.807, 2.05) is 0 Å². The zero-order chi connectivity index (χ0) is 14.3. The Balaban J connectivity index is 1.98. The number of nitrogens with one attached hydrogen (secondary N) is 1. The summed E-state index contributed by atoms with van der Waals surface area (Å²) in [5.41, 5.74) is 1.24. The SMILES string of the molecule is CC(Cl)c1nc2ccc(F)cc2n1CC(=O)NC1CC1. The highest BCUT2D eigenvalue weighted by molar-refractivity contribution is 6.20. The molecule has 0 aliphatic heterocycles. The van der Waals surface area contributed by atoms with E-state index >= 15 is 0 Å². The number of rotatable bonds is 4. The first-order valence-corrected chi connectivity index (χ1v) is 7.07. The van der Waals surface area contributed by atoms with Gasteiger partial charge in [-0.25, -0.2) is 9.37 Å². The predicted octanol–water partition coefficient (Wildman–Crippen LogP) is 2.75. The number of benzene rings is 1. The van der Waals surface area contributed by atoms with E-state index < -0.39 is 0 Å². The number of amides is 1. The van der Waals surface area contributed by atoms with Gasteiger partial charge in [-0.1, -0.05) is 0 Å². The number of alkyl halides is 1. The summed E-state index contributed by atoms with van der Waals surface area (Å²) in [5.74, 6) is 0.142. The third kappa shape index (κ3) is 2.63. The van der Waals surface area contributed by atoms with Gasteiger partial charge in [0.15, 0.2) is 0 Å². The Bertz CT molecular complexity index is 664. The summed E-state index contributed by atoms with van der Waals surface area (Å²) in [7, 11) is 0. The highest BCUT2D eigenvalue weighted by Gasteiger charge is 2.24. The first kappa shape index (κ1) is 13.4. The number of carbonyl (C=O) groups excluding carboxylic acids is 1. The lowest BCUT2D eigenvalue weighted by Crippen LogP contribution is -2.29. The third-order valence-electron chi connectivity index (χ3n) is 3.34. The molecule has 1 heterocycles. The molecule has 20 heavy (non-hydrogen) atoms. The average Bonchev–Trinajstić information content (AvgIpc) is 3.11. The summed E-state index contributed by atoms with van der Waals surface area (Å²) in [6.45, 7) is 1.90. The van der Waals surface area contributed by atoms with Gasteiger partial charge in [-0.2, -0.15) is 0 Å². The van der Waals surface area contributed by atoms with Crippen molar-refractivity contribution in [2.45, 2.75) is 37.7 Å². The molecule has 1 fully saturated rings. The van der Waals surface area contributed by atoms with Crippen LogP contribution in [0.15, 0.2) is 18.2 Å². The highest BCUT2D eigenvalue weighted by Crippen LogP contribution is 2.25. The van der Waals surface area contributed by atoms with Crippen molar-refractivity contribution in [2.24, 2.45) is 0 Å². The van der Waals surface area contributed by atoms with Crippen LogP contribution >= 0.6 is 11.6 Å². The number of carbonyl (C=O) groups is 1. The minimum atomic E-state index is -0.352. The Morgan fingerprint density at radius 1 is 1.60 bits per heavy atom. The molecule has 1 amide bonds. The number of aromatic nitrogens is 2. The zero-order valence-electron chi connectivity index (χ0n) is 11.1. The number of nitrogens with zero attached hydrogens (tertiary/aromatic N) is 2. The van der Waals surface area contributed by atoms with Crippen molar-refractivity contribution in [1.82, 2.24) is 14.9 Å². The van der Waals surface area contributed by atoms with E-state index in [1.54, 1.807) is 17.6 Å². The van der Waals surface area contributed by atoms with Crippen LogP contribution in [0.5, 0.6) is 0 Å². The number of hydrogen-bond acceptors (Lipinski definition) is 2. The van der Waals surface area contributed by atoms with Crippen molar-refractivity contribution in [3.05, 3.63) is 29.8 Å². The van der Waals surface area contributed by atoms with E-state index in [4.69, 9.17) is 11.6 Å². The number of fused-ring (bicyclic) bond motifs is 1. The van der Waals surface area contributed by atoms with Crippen molar-refractivity contribution in [2.75, 3.05) is 0 Å². The molecule has 1 aromatic carbocycles. The normalized spacial score (nSPS) is 16.4. The van der Waals surface area contributed by atoms with Crippen LogP contribution in [0.1, 0.15) is 31.0 Å². The standard InChI is InChI=1S/C14H15ClFN3O/c1-8(15)14-18-11-5-2-9(16)6-12(11)19(14)7-13(20)17-10-3-4-10/h2,5-6,8,10H,3-4,7H2,1H3,(H,17,20). The Labute approximate surface area is 120 Å². The second-order valence-corrected chi connectivity index (χ2v) is 5.80. The topological polar surface area (TPSA) is 46.9 Å². The highest BCUT2D eigenvalue weighted by atomic mass is 35.5. The summed E-state index contributed by atoms with van der Waals surface area (Å²) in [6, 6.07) is 4.64. The lowest BCUT2D eigenvalue weighted by Gasteiger charge is -2.10. The minimum absolute atomic E-state index is 0.0883. The molecule has 3 rings (SSSR count). The Hall–Kier alpha value is -1.62. The second kappa shape index (κ2) is 5.05. The van der Waals surface area contributed by atoms with E-state index in [1.165, 1.54) is 12.1 Å². The molecule has 1 atom stereocenters. The molecule has 1 saturated carbocycles. The van der Waals surface area contributed by atoms with Gasteiger partial charge in [-0.15, -0.1) is 11.6 Å². The number of imidazole rings is 1. The first-order valence-electron chi connectivity index (χ1n) is 6.63. The molecular weight excluding hydrogens is 281 g/mol. The van der Waals surface area contributed by atoms with E-state index in [0.717, 1.165) is 12.8 Å². The molecule has 1 aromatic heterocycles. The average molecular weight is 296 g/mol. The molecule has 1 aliphatic rings. The Morgan fingerprint density at radius 2 is 2.35 bits per heavy atom. The van der Waals surface area contributed by atoms with Crippen molar-refractivity contribution >= 4 is 28.5 Å². The molecule has 4 nitrogen and oxygen atoms in total. The number of hydrogen-bond donors (Lipinski definition) is 1. The van der Waals surface area contributed by atoms with Gasteiger partial charge in [0.1, 0.15) is 18.2 Å². The molecule has 1 unspecified atom stereocenters. The van der Waals surface area contributed by atoms with Crippen LogP contribution in [-0.2, 0) is 11.3 Å². The molecule has 0 radical (unpaired) electrons. The van der Waals surface area contributed by atoms with E-state index in [9.17, 15) is 9.18 Å². The van der Waals surface area contributed by atoms with Crippen LogP contribution in [0.4, 0.5) is 4.39 Å². The van der Waals surface area contributed by atoms with Crippen LogP contribution in [0, 0.1) is 5.82 Å². The molecule has 0 spiro atoms. The van der Waals surface area contributed by atoms with Gasteiger partial charge < -0.3 is 9.88 Å².